The van der Waals surface area contributed by atoms with E-state index in [1.54, 1.807) is 25.4 Å². The minimum atomic E-state index is -0.916. The molecule has 1 amide bonds. The van der Waals surface area contributed by atoms with E-state index in [1.807, 2.05) is 31.2 Å². The lowest BCUT2D eigenvalue weighted by Gasteiger charge is -2.35. The Morgan fingerprint density at radius 3 is 2.70 bits per heavy atom. The zero-order chi connectivity index (χ0) is 19.2. The van der Waals surface area contributed by atoms with E-state index in [2.05, 4.69) is 4.98 Å². The van der Waals surface area contributed by atoms with Crippen LogP contribution < -0.4 is 14.2 Å². The number of nitrogens with zero attached hydrogens (tertiary/aromatic N) is 2. The number of amides is 1. The van der Waals surface area contributed by atoms with Gasteiger partial charge < -0.3 is 24.2 Å². The molecule has 0 spiro atoms. The second-order valence-electron chi connectivity index (χ2n) is 6.57. The van der Waals surface area contributed by atoms with Gasteiger partial charge in [0.25, 0.3) is 0 Å². The molecule has 2 unspecified atom stereocenters. The highest BCUT2D eigenvalue weighted by Crippen LogP contribution is 2.24. The van der Waals surface area contributed by atoms with Crippen molar-refractivity contribution in [2.75, 3.05) is 13.7 Å². The van der Waals surface area contributed by atoms with E-state index < -0.39 is 6.09 Å². The van der Waals surface area contributed by atoms with E-state index >= 15 is 0 Å². The summed E-state index contributed by atoms with van der Waals surface area (Å²) < 4.78 is 16.8. The first-order chi connectivity index (χ1) is 13.0. The van der Waals surface area contributed by atoms with Crippen molar-refractivity contribution in [2.45, 2.75) is 38.5 Å². The fraction of sp³-hybridized carbons (Fsp3) is 0.400. The van der Waals surface area contributed by atoms with Crippen molar-refractivity contribution in [1.29, 1.82) is 0 Å². The third-order valence-electron chi connectivity index (χ3n) is 4.64. The van der Waals surface area contributed by atoms with Gasteiger partial charge in [-0.15, -0.1) is 0 Å². The predicted octanol–water partition coefficient (Wildman–Crippen LogP) is 3.58. The van der Waals surface area contributed by atoms with Crippen LogP contribution in [0.15, 0.2) is 42.6 Å². The van der Waals surface area contributed by atoms with Gasteiger partial charge in [0.1, 0.15) is 24.2 Å². The molecule has 1 aromatic heterocycles. The number of piperidine rings is 1. The fourth-order valence-electron chi connectivity index (χ4n) is 3.04. The molecule has 7 heteroatoms. The Balaban J connectivity index is 1.57. The molecule has 1 aliphatic rings. The smallest absolute Gasteiger partial charge is 0.407 e. The number of carbonyl (C=O) groups is 1. The first-order valence-electron chi connectivity index (χ1n) is 8.93. The minimum absolute atomic E-state index is 0.00877. The van der Waals surface area contributed by atoms with Crippen LogP contribution in [0.1, 0.15) is 25.3 Å². The molecule has 144 valence electrons. The second kappa shape index (κ2) is 8.62. The Kier molecular flexibility index (Phi) is 6.01. The van der Waals surface area contributed by atoms with Crippen LogP contribution in [0.2, 0.25) is 0 Å². The minimum Gasteiger partial charge on any atom is -0.497 e. The fourth-order valence-corrected chi connectivity index (χ4v) is 3.04. The molecule has 1 aliphatic heterocycles. The summed E-state index contributed by atoms with van der Waals surface area (Å²) in [4.78, 5) is 16.9. The summed E-state index contributed by atoms with van der Waals surface area (Å²) in [6, 6.07) is 11.2. The maximum atomic E-state index is 11.3. The van der Waals surface area contributed by atoms with E-state index in [1.165, 1.54) is 4.90 Å². The highest BCUT2D eigenvalue weighted by Gasteiger charge is 2.30. The summed E-state index contributed by atoms with van der Waals surface area (Å²) in [7, 11) is 1.63. The first kappa shape index (κ1) is 18.8. The van der Waals surface area contributed by atoms with Crippen LogP contribution in [0.3, 0.4) is 0 Å². The number of rotatable bonds is 6. The molecule has 2 heterocycles. The van der Waals surface area contributed by atoms with Crippen LogP contribution in [0.25, 0.3) is 0 Å². The number of benzene rings is 1. The molecule has 0 radical (unpaired) electrons. The molecule has 1 saturated heterocycles. The number of hydrogen-bond acceptors (Lipinski definition) is 5. The van der Waals surface area contributed by atoms with Gasteiger partial charge in [-0.1, -0.05) is 12.1 Å². The molecule has 0 bridgehead atoms. The highest BCUT2D eigenvalue weighted by molar-refractivity contribution is 5.65. The van der Waals surface area contributed by atoms with Crippen LogP contribution in [-0.4, -0.2) is 46.9 Å². The molecule has 2 atom stereocenters. The highest BCUT2D eigenvalue weighted by atomic mass is 16.5. The molecule has 0 aliphatic carbocycles. The quantitative estimate of drug-likeness (QED) is 0.835. The van der Waals surface area contributed by atoms with Crippen molar-refractivity contribution in [3.63, 3.8) is 0 Å². The third-order valence-corrected chi connectivity index (χ3v) is 4.64. The molecule has 2 aromatic rings. The van der Waals surface area contributed by atoms with Crippen molar-refractivity contribution in [3.8, 4) is 17.4 Å². The third kappa shape index (κ3) is 5.03. The Morgan fingerprint density at radius 2 is 2.00 bits per heavy atom. The van der Waals surface area contributed by atoms with Crippen molar-refractivity contribution in [2.24, 2.45) is 0 Å². The van der Waals surface area contributed by atoms with Gasteiger partial charge in [-0.2, -0.15) is 0 Å². The molecule has 7 nitrogen and oxygen atoms in total. The number of methoxy groups -OCH3 is 1. The largest absolute Gasteiger partial charge is 0.497 e. The molecular weight excluding hydrogens is 348 g/mol. The van der Waals surface area contributed by atoms with E-state index in [9.17, 15) is 9.90 Å². The molecule has 0 saturated carbocycles. The average molecular weight is 372 g/mol. The Morgan fingerprint density at radius 1 is 1.22 bits per heavy atom. The Bertz CT molecular complexity index is 765. The molecular formula is C20H24N2O5. The van der Waals surface area contributed by atoms with Gasteiger partial charge in [0, 0.05) is 18.3 Å². The first-order valence-corrected chi connectivity index (χ1v) is 8.93. The summed E-state index contributed by atoms with van der Waals surface area (Å²) >= 11 is 0. The van der Waals surface area contributed by atoms with Crippen LogP contribution >= 0.6 is 0 Å². The summed E-state index contributed by atoms with van der Waals surface area (Å²) in [5.74, 6) is 1.89. The van der Waals surface area contributed by atoms with Crippen LogP contribution in [0.4, 0.5) is 4.79 Å². The summed E-state index contributed by atoms with van der Waals surface area (Å²) in [5.41, 5.74) is 1.02. The number of carboxylic acid groups (broad SMARTS) is 1. The lowest BCUT2D eigenvalue weighted by molar-refractivity contribution is 0.0518. The van der Waals surface area contributed by atoms with Gasteiger partial charge in [-0.05, 0) is 43.5 Å². The van der Waals surface area contributed by atoms with Gasteiger partial charge in [-0.3, -0.25) is 0 Å². The van der Waals surface area contributed by atoms with Crippen LogP contribution in [0.5, 0.6) is 17.4 Å². The second-order valence-corrected chi connectivity index (χ2v) is 6.57. The molecule has 1 aromatic carbocycles. The zero-order valence-corrected chi connectivity index (χ0v) is 15.5. The maximum Gasteiger partial charge on any atom is 0.407 e. The van der Waals surface area contributed by atoms with Gasteiger partial charge >= 0.3 is 6.09 Å². The lowest BCUT2D eigenvalue weighted by Crippen LogP contribution is -2.48. The van der Waals surface area contributed by atoms with Gasteiger partial charge in [0.15, 0.2) is 0 Å². The van der Waals surface area contributed by atoms with Crippen molar-refractivity contribution >= 4 is 6.09 Å². The van der Waals surface area contributed by atoms with Crippen molar-refractivity contribution in [3.05, 3.63) is 48.2 Å². The Labute approximate surface area is 158 Å². The summed E-state index contributed by atoms with van der Waals surface area (Å²) in [5, 5.41) is 9.27. The van der Waals surface area contributed by atoms with E-state index in [-0.39, 0.29) is 12.1 Å². The molecule has 27 heavy (non-hydrogen) atoms. The van der Waals surface area contributed by atoms with Crippen molar-refractivity contribution in [1.82, 2.24) is 9.88 Å². The number of ether oxygens (including phenoxy) is 3. The number of hydrogen-bond donors (Lipinski definition) is 1. The average Bonchev–Trinajstić information content (AvgIpc) is 2.68. The van der Waals surface area contributed by atoms with Gasteiger partial charge in [-0.25, -0.2) is 9.78 Å². The summed E-state index contributed by atoms with van der Waals surface area (Å²) in [6.07, 6.45) is 2.06. The number of pyridine rings is 1. The normalized spacial score (nSPS) is 19.4. The van der Waals surface area contributed by atoms with E-state index in [4.69, 9.17) is 14.2 Å². The molecule has 1 fully saturated rings. The number of likely N-dealkylation sites (tertiary alicyclic amines) is 1. The lowest BCUT2D eigenvalue weighted by atomic mass is 10.0. The molecule has 3 rings (SSSR count). The van der Waals surface area contributed by atoms with Crippen LogP contribution in [0, 0.1) is 0 Å². The SMILES string of the molecule is COc1ccc(COc2ccnc(OC3CCC(C)N(C(=O)O)C3)c2)cc1. The monoisotopic (exact) mass is 372 g/mol. The van der Waals surface area contributed by atoms with E-state index in [0.29, 0.717) is 24.8 Å². The van der Waals surface area contributed by atoms with Crippen LogP contribution in [-0.2, 0) is 6.61 Å². The summed E-state index contributed by atoms with van der Waals surface area (Å²) in [6.45, 7) is 2.67. The topological polar surface area (TPSA) is 81.1 Å². The standard InChI is InChI=1S/C20H24N2O5/c1-14-3-6-18(12-22(14)20(23)24)27-19-11-17(9-10-21-19)26-13-15-4-7-16(25-2)8-5-15/h4-5,7-11,14,18H,3,6,12-13H2,1-2H3,(H,23,24). The number of aromatic nitrogens is 1. The Hall–Kier alpha value is -2.96. The van der Waals surface area contributed by atoms with E-state index in [0.717, 1.165) is 24.2 Å². The van der Waals surface area contributed by atoms with Gasteiger partial charge in [0.05, 0.1) is 13.7 Å². The predicted molar refractivity (Wildman–Crippen MR) is 99.4 cm³/mol. The zero-order valence-electron chi connectivity index (χ0n) is 15.5. The molecule has 1 N–H and O–H groups in total. The van der Waals surface area contributed by atoms with Gasteiger partial charge in [0.2, 0.25) is 5.88 Å². The maximum absolute atomic E-state index is 11.3. The van der Waals surface area contributed by atoms with Crippen molar-refractivity contribution < 1.29 is 24.1 Å².